The summed E-state index contributed by atoms with van der Waals surface area (Å²) in [4.78, 5) is 12.2. The van der Waals surface area contributed by atoms with Crippen molar-refractivity contribution in [3.8, 4) is 5.75 Å². The van der Waals surface area contributed by atoms with E-state index in [1.807, 2.05) is 19.9 Å². The third-order valence-corrected chi connectivity index (χ3v) is 5.11. The van der Waals surface area contributed by atoms with Gasteiger partial charge in [0.2, 0.25) is 0 Å². The van der Waals surface area contributed by atoms with E-state index in [4.69, 9.17) is 0 Å². The Kier molecular flexibility index (Phi) is 5.66. The Morgan fingerprint density at radius 2 is 2.00 bits per heavy atom. The molecule has 0 saturated heterocycles. The van der Waals surface area contributed by atoms with E-state index in [0.29, 0.717) is 16.2 Å². The van der Waals surface area contributed by atoms with Crippen molar-refractivity contribution in [3.05, 3.63) is 29.3 Å². The zero-order chi connectivity index (χ0) is 13.8. The average Bonchev–Trinajstić information content (AvgIpc) is 2.36. The first-order valence-electron chi connectivity index (χ1n) is 5.72. The van der Waals surface area contributed by atoms with Gasteiger partial charge in [0.05, 0.1) is 11.1 Å². The van der Waals surface area contributed by atoms with Gasteiger partial charge in [-0.3, -0.25) is 4.79 Å². The van der Waals surface area contributed by atoms with Crippen molar-refractivity contribution in [2.75, 3.05) is 10.7 Å². The zero-order valence-electron chi connectivity index (χ0n) is 10.5. The number of rotatable bonds is 5. The molecule has 3 nitrogen and oxygen atoms in total. The van der Waals surface area contributed by atoms with E-state index in [0.717, 1.165) is 12.0 Å². The van der Waals surface area contributed by atoms with E-state index in [2.05, 4.69) is 37.2 Å². The number of alkyl halides is 2. The Bertz CT molecular complexity index is 423. The largest absolute Gasteiger partial charge is 0.507 e. The molecule has 1 aromatic rings. The standard InChI is InChI=1S/C13H17Br2NO2/c1-3-13(7-14,8-15)16-12(18)10-5-4-9(2)6-11(10)17/h4-6,17H,3,7-8H2,1-2H3,(H,16,18). The van der Waals surface area contributed by atoms with Gasteiger partial charge in [-0.15, -0.1) is 0 Å². The maximum absolute atomic E-state index is 12.2. The summed E-state index contributed by atoms with van der Waals surface area (Å²) in [6, 6.07) is 5.04. The Balaban J connectivity index is 2.94. The van der Waals surface area contributed by atoms with Crippen LogP contribution in [-0.4, -0.2) is 27.2 Å². The molecule has 0 aromatic heterocycles. The number of aryl methyl sites for hydroxylation is 1. The molecule has 18 heavy (non-hydrogen) atoms. The first kappa shape index (κ1) is 15.5. The second-order valence-electron chi connectivity index (χ2n) is 4.38. The smallest absolute Gasteiger partial charge is 0.255 e. The fourth-order valence-electron chi connectivity index (χ4n) is 1.52. The molecule has 0 heterocycles. The van der Waals surface area contributed by atoms with Crippen molar-refractivity contribution in [2.45, 2.75) is 25.8 Å². The predicted octanol–water partition coefficient (Wildman–Crippen LogP) is 3.37. The van der Waals surface area contributed by atoms with E-state index >= 15 is 0 Å². The number of phenolic OH excluding ortho intramolecular Hbond substituents is 1. The fourth-order valence-corrected chi connectivity index (χ4v) is 3.52. The Hall–Kier alpha value is -0.550. The van der Waals surface area contributed by atoms with Crippen LogP contribution in [0.1, 0.15) is 29.3 Å². The van der Waals surface area contributed by atoms with Gasteiger partial charge >= 0.3 is 0 Å². The van der Waals surface area contributed by atoms with Crippen LogP contribution in [0, 0.1) is 6.92 Å². The van der Waals surface area contributed by atoms with E-state index in [9.17, 15) is 9.90 Å². The molecule has 0 saturated carbocycles. The minimum atomic E-state index is -0.339. The van der Waals surface area contributed by atoms with Gasteiger partial charge in [0.1, 0.15) is 5.75 Å². The zero-order valence-corrected chi connectivity index (χ0v) is 13.6. The lowest BCUT2D eigenvalue weighted by Gasteiger charge is -2.30. The van der Waals surface area contributed by atoms with Crippen LogP contribution in [0.4, 0.5) is 0 Å². The Morgan fingerprint density at radius 1 is 1.39 bits per heavy atom. The lowest BCUT2D eigenvalue weighted by molar-refractivity contribution is 0.0912. The summed E-state index contributed by atoms with van der Waals surface area (Å²) in [5.74, 6) is -0.241. The predicted molar refractivity (Wildman–Crippen MR) is 80.9 cm³/mol. The van der Waals surface area contributed by atoms with Crippen LogP contribution in [0.2, 0.25) is 0 Å². The van der Waals surface area contributed by atoms with Crippen molar-refractivity contribution in [2.24, 2.45) is 0 Å². The fraction of sp³-hybridized carbons (Fsp3) is 0.462. The Labute approximate surface area is 124 Å². The van der Waals surface area contributed by atoms with Gasteiger partial charge in [0, 0.05) is 10.7 Å². The first-order valence-corrected chi connectivity index (χ1v) is 7.96. The first-order chi connectivity index (χ1) is 8.48. The van der Waals surface area contributed by atoms with E-state index < -0.39 is 0 Å². The third-order valence-electron chi connectivity index (χ3n) is 2.96. The van der Waals surface area contributed by atoms with Crippen LogP contribution in [0.3, 0.4) is 0 Å². The molecular weight excluding hydrogens is 362 g/mol. The highest BCUT2D eigenvalue weighted by molar-refractivity contribution is 9.09. The summed E-state index contributed by atoms with van der Waals surface area (Å²) in [7, 11) is 0. The van der Waals surface area contributed by atoms with Crippen molar-refractivity contribution in [1.29, 1.82) is 0 Å². The SMILES string of the molecule is CCC(CBr)(CBr)NC(=O)c1ccc(C)cc1O. The lowest BCUT2D eigenvalue weighted by atomic mass is 10.0. The molecule has 1 amide bonds. The number of hydrogen-bond donors (Lipinski definition) is 2. The van der Waals surface area contributed by atoms with Crippen LogP contribution < -0.4 is 5.32 Å². The molecule has 0 aliphatic carbocycles. The van der Waals surface area contributed by atoms with Crippen molar-refractivity contribution in [1.82, 2.24) is 5.32 Å². The minimum Gasteiger partial charge on any atom is -0.507 e. The molecule has 5 heteroatoms. The van der Waals surface area contributed by atoms with E-state index in [-0.39, 0.29) is 17.2 Å². The van der Waals surface area contributed by atoms with Gasteiger partial charge in [0.15, 0.2) is 0 Å². The van der Waals surface area contributed by atoms with Gasteiger partial charge in [-0.25, -0.2) is 0 Å². The van der Waals surface area contributed by atoms with Gasteiger partial charge in [-0.05, 0) is 31.0 Å². The topological polar surface area (TPSA) is 49.3 Å². The molecule has 0 spiro atoms. The molecular formula is C13H17Br2NO2. The molecule has 100 valence electrons. The minimum absolute atomic E-state index is 0.0154. The second kappa shape index (κ2) is 6.57. The molecule has 0 bridgehead atoms. The molecule has 0 aliphatic rings. The normalized spacial score (nSPS) is 11.3. The highest BCUT2D eigenvalue weighted by Crippen LogP contribution is 2.22. The number of benzene rings is 1. The summed E-state index contributed by atoms with van der Waals surface area (Å²) in [6.45, 7) is 3.88. The summed E-state index contributed by atoms with van der Waals surface area (Å²) < 4.78 is 0. The number of amides is 1. The second-order valence-corrected chi connectivity index (χ2v) is 5.50. The number of nitrogens with one attached hydrogen (secondary N) is 1. The molecule has 0 atom stereocenters. The number of halogens is 2. The number of carbonyl (C=O) groups excluding carboxylic acids is 1. The van der Waals surface area contributed by atoms with Crippen LogP contribution in [-0.2, 0) is 0 Å². The molecule has 1 rings (SSSR count). The van der Waals surface area contributed by atoms with Crippen molar-refractivity contribution in [3.63, 3.8) is 0 Å². The quantitative estimate of drug-likeness (QED) is 0.771. The van der Waals surface area contributed by atoms with Crippen LogP contribution in [0.15, 0.2) is 18.2 Å². The average molecular weight is 379 g/mol. The van der Waals surface area contributed by atoms with Crippen LogP contribution in [0.25, 0.3) is 0 Å². The highest BCUT2D eigenvalue weighted by atomic mass is 79.9. The third kappa shape index (κ3) is 3.48. The van der Waals surface area contributed by atoms with Gasteiger partial charge in [-0.2, -0.15) is 0 Å². The Morgan fingerprint density at radius 3 is 2.44 bits per heavy atom. The summed E-state index contributed by atoms with van der Waals surface area (Å²) in [5, 5.41) is 14.1. The monoisotopic (exact) mass is 377 g/mol. The number of phenols is 1. The maximum atomic E-state index is 12.2. The number of aromatic hydroxyl groups is 1. The molecule has 2 N–H and O–H groups in total. The highest BCUT2D eigenvalue weighted by Gasteiger charge is 2.28. The molecule has 1 aromatic carbocycles. The van der Waals surface area contributed by atoms with E-state index in [1.165, 1.54) is 0 Å². The van der Waals surface area contributed by atoms with Crippen molar-refractivity contribution < 1.29 is 9.90 Å². The van der Waals surface area contributed by atoms with Crippen molar-refractivity contribution >= 4 is 37.8 Å². The lowest BCUT2D eigenvalue weighted by Crippen LogP contribution is -2.51. The molecule has 0 aliphatic heterocycles. The van der Waals surface area contributed by atoms with Gasteiger partial charge in [-0.1, -0.05) is 44.8 Å². The molecule has 0 fully saturated rings. The van der Waals surface area contributed by atoms with Gasteiger partial charge < -0.3 is 10.4 Å². The number of hydrogen-bond acceptors (Lipinski definition) is 2. The van der Waals surface area contributed by atoms with Crippen LogP contribution >= 0.6 is 31.9 Å². The van der Waals surface area contributed by atoms with Gasteiger partial charge in [0.25, 0.3) is 5.91 Å². The summed E-state index contributed by atoms with van der Waals surface area (Å²) >= 11 is 6.83. The summed E-state index contributed by atoms with van der Waals surface area (Å²) in [6.07, 6.45) is 0.794. The number of carbonyl (C=O) groups is 1. The van der Waals surface area contributed by atoms with E-state index in [1.54, 1.807) is 12.1 Å². The summed E-state index contributed by atoms with van der Waals surface area (Å²) in [5.41, 5.74) is 0.890. The molecule has 0 unspecified atom stereocenters. The molecule has 0 radical (unpaired) electrons. The maximum Gasteiger partial charge on any atom is 0.255 e. The van der Waals surface area contributed by atoms with Crippen LogP contribution in [0.5, 0.6) is 5.75 Å².